The Morgan fingerprint density at radius 2 is 1.97 bits per heavy atom. The third-order valence-electron chi connectivity index (χ3n) is 4.93. The summed E-state index contributed by atoms with van der Waals surface area (Å²) in [6.45, 7) is 0.568. The minimum absolute atomic E-state index is 0.171. The van der Waals surface area contributed by atoms with Gasteiger partial charge in [0.15, 0.2) is 9.84 Å². The highest BCUT2D eigenvalue weighted by Crippen LogP contribution is 2.28. The number of aromatic nitrogens is 1. The summed E-state index contributed by atoms with van der Waals surface area (Å²) in [4.78, 5) is 18.4. The number of para-hydroxylation sites is 1. The number of likely N-dealkylation sites (tertiary alicyclic amines) is 1. The lowest BCUT2D eigenvalue weighted by atomic mass is 10.1. The molecular formula is C21H20N2O5S. The molecule has 1 amide bonds. The molecule has 4 rings (SSSR count). The van der Waals surface area contributed by atoms with Crippen molar-refractivity contribution in [2.75, 3.05) is 20.2 Å². The number of methoxy groups -OCH3 is 1. The lowest BCUT2D eigenvalue weighted by Crippen LogP contribution is -2.53. The third kappa shape index (κ3) is 3.68. The molecule has 0 saturated carbocycles. The molecule has 0 radical (unpaired) electrons. The van der Waals surface area contributed by atoms with Crippen LogP contribution in [0, 0.1) is 0 Å². The van der Waals surface area contributed by atoms with Crippen molar-refractivity contribution in [3.8, 4) is 5.75 Å². The Labute approximate surface area is 168 Å². The van der Waals surface area contributed by atoms with Gasteiger partial charge in [-0.25, -0.2) is 8.42 Å². The number of carbonyl (C=O) groups is 1. The van der Waals surface area contributed by atoms with Crippen LogP contribution < -0.4 is 4.74 Å². The number of aliphatic hydroxyl groups is 1. The topological polar surface area (TPSA) is 96.8 Å². The van der Waals surface area contributed by atoms with E-state index in [1.165, 1.54) is 12.0 Å². The van der Waals surface area contributed by atoms with E-state index in [0.29, 0.717) is 22.4 Å². The number of rotatable bonds is 5. The molecule has 1 fully saturated rings. The molecule has 29 heavy (non-hydrogen) atoms. The van der Waals surface area contributed by atoms with E-state index in [1.54, 1.807) is 42.6 Å². The quantitative estimate of drug-likeness (QED) is 0.689. The van der Waals surface area contributed by atoms with Crippen LogP contribution in [-0.4, -0.2) is 55.6 Å². The molecule has 1 N–H and O–H groups in total. The lowest BCUT2D eigenvalue weighted by Gasteiger charge is -2.36. The van der Waals surface area contributed by atoms with Gasteiger partial charge < -0.3 is 14.7 Å². The van der Waals surface area contributed by atoms with Crippen molar-refractivity contribution in [2.24, 2.45) is 0 Å². The summed E-state index contributed by atoms with van der Waals surface area (Å²) in [6.07, 6.45) is 1.07. The van der Waals surface area contributed by atoms with E-state index in [2.05, 4.69) is 4.98 Å². The maximum Gasteiger partial charge on any atom is 0.257 e. The van der Waals surface area contributed by atoms with Crippen molar-refractivity contribution in [3.05, 3.63) is 65.9 Å². The van der Waals surface area contributed by atoms with Crippen LogP contribution in [0.25, 0.3) is 10.9 Å². The fraction of sp³-hybridized carbons (Fsp3) is 0.238. The first-order valence-corrected chi connectivity index (χ1v) is 10.7. The van der Waals surface area contributed by atoms with E-state index in [4.69, 9.17) is 4.74 Å². The van der Waals surface area contributed by atoms with Crippen molar-refractivity contribution in [2.45, 2.75) is 16.8 Å². The van der Waals surface area contributed by atoms with Crippen LogP contribution >= 0.6 is 0 Å². The molecule has 150 valence electrons. The summed E-state index contributed by atoms with van der Waals surface area (Å²) in [5, 5.41) is 10.2. The Balaban J connectivity index is 1.64. The minimum atomic E-state index is -3.66. The van der Waals surface area contributed by atoms with Gasteiger partial charge in [-0.1, -0.05) is 24.3 Å². The Bertz CT molecular complexity index is 1180. The SMILES string of the molecule is COc1cc(CS(=O)(=O)c2cccc3cccnc23)ccc1C(=O)N1CC(O)C1. The van der Waals surface area contributed by atoms with Crippen molar-refractivity contribution >= 4 is 26.6 Å². The molecular weight excluding hydrogens is 392 g/mol. The van der Waals surface area contributed by atoms with E-state index >= 15 is 0 Å². The molecule has 1 aromatic heterocycles. The lowest BCUT2D eigenvalue weighted by molar-refractivity contribution is 0.00570. The zero-order valence-corrected chi connectivity index (χ0v) is 16.6. The monoisotopic (exact) mass is 412 g/mol. The molecule has 0 unspecified atom stereocenters. The summed E-state index contributed by atoms with van der Waals surface area (Å²) in [6, 6.07) is 13.4. The summed E-state index contributed by atoms with van der Waals surface area (Å²) in [5.74, 6) is -0.185. The van der Waals surface area contributed by atoms with Crippen molar-refractivity contribution in [1.82, 2.24) is 9.88 Å². The number of amides is 1. The summed E-state index contributed by atoms with van der Waals surface area (Å²) < 4.78 is 31.4. The van der Waals surface area contributed by atoms with Crippen LogP contribution in [0.15, 0.2) is 59.6 Å². The fourth-order valence-corrected chi connectivity index (χ4v) is 4.94. The number of pyridine rings is 1. The Morgan fingerprint density at radius 3 is 2.69 bits per heavy atom. The largest absolute Gasteiger partial charge is 0.496 e. The standard InChI is InChI=1S/C21H20N2O5S/c1-28-18-10-14(7-8-17(18)21(25)23-11-16(24)12-23)13-29(26,27)19-6-2-4-15-5-3-9-22-20(15)19/h2-10,16,24H,11-13H2,1H3. The number of nitrogens with zero attached hydrogens (tertiary/aromatic N) is 2. The van der Waals surface area contributed by atoms with E-state index in [0.717, 1.165) is 5.39 Å². The highest BCUT2D eigenvalue weighted by atomic mass is 32.2. The first-order valence-electron chi connectivity index (χ1n) is 9.10. The molecule has 1 aliphatic rings. The Morgan fingerprint density at radius 1 is 1.21 bits per heavy atom. The molecule has 2 heterocycles. The van der Waals surface area contributed by atoms with Gasteiger partial charge in [0.05, 0.1) is 34.9 Å². The maximum atomic E-state index is 13.1. The van der Waals surface area contributed by atoms with Gasteiger partial charge in [0.2, 0.25) is 0 Å². The van der Waals surface area contributed by atoms with Crippen LogP contribution in [0.4, 0.5) is 0 Å². The van der Waals surface area contributed by atoms with Gasteiger partial charge in [0, 0.05) is 24.7 Å². The van der Waals surface area contributed by atoms with Gasteiger partial charge in [0.1, 0.15) is 5.75 Å². The van der Waals surface area contributed by atoms with Crippen LogP contribution in [0.3, 0.4) is 0 Å². The molecule has 0 spiro atoms. The molecule has 0 atom stereocenters. The van der Waals surface area contributed by atoms with E-state index < -0.39 is 15.9 Å². The highest BCUT2D eigenvalue weighted by Gasteiger charge is 2.31. The zero-order valence-electron chi connectivity index (χ0n) is 15.8. The number of carbonyl (C=O) groups excluding carboxylic acids is 1. The molecule has 0 aliphatic carbocycles. The first-order chi connectivity index (χ1) is 13.9. The average molecular weight is 412 g/mol. The second-order valence-electron chi connectivity index (χ2n) is 6.99. The normalized spacial score (nSPS) is 14.6. The smallest absolute Gasteiger partial charge is 0.257 e. The number of benzene rings is 2. The van der Waals surface area contributed by atoms with Crippen molar-refractivity contribution < 1.29 is 23.1 Å². The third-order valence-corrected chi connectivity index (χ3v) is 6.65. The predicted molar refractivity (Wildman–Crippen MR) is 108 cm³/mol. The number of aliphatic hydroxyl groups excluding tert-OH is 1. The predicted octanol–water partition coefficient (Wildman–Crippen LogP) is 2.03. The molecule has 1 aliphatic heterocycles. The number of sulfone groups is 1. The number of β-amino-alcohol motifs (C(OH)–C–C–N with tert-alkyl or cyclic N) is 1. The van der Waals surface area contributed by atoms with Crippen molar-refractivity contribution in [1.29, 1.82) is 0 Å². The molecule has 3 aromatic rings. The van der Waals surface area contributed by atoms with Crippen LogP contribution in [-0.2, 0) is 15.6 Å². The fourth-order valence-electron chi connectivity index (χ4n) is 3.42. The van der Waals surface area contributed by atoms with E-state index in [9.17, 15) is 18.3 Å². The second-order valence-corrected chi connectivity index (χ2v) is 8.95. The van der Waals surface area contributed by atoms with Gasteiger partial charge >= 0.3 is 0 Å². The van der Waals surface area contributed by atoms with E-state index in [-0.39, 0.29) is 29.6 Å². The molecule has 7 nitrogen and oxygen atoms in total. The summed E-state index contributed by atoms with van der Waals surface area (Å²) in [7, 11) is -2.23. The number of ether oxygens (including phenoxy) is 1. The molecule has 1 saturated heterocycles. The Hall–Kier alpha value is -2.97. The minimum Gasteiger partial charge on any atom is -0.496 e. The highest BCUT2D eigenvalue weighted by molar-refractivity contribution is 7.90. The van der Waals surface area contributed by atoms with E-state index in [1.807, 2.05) is 12.1 Å². The van der Waals surface area contributed by atoms with Crippen LogP contribution in [0.2, 0.25) is 0 Å². The van der Waals surface area contributed by atoms with Gasteiger partial charge in [-0.05, 0) is 29.8 Å². The maximum absolute atomic E-state index is 13.1. The van der Waals surface area contributed by atoms with Gasteiger partial charge in [0.25, 0.3) is 5.91 Å². The van der Waals surface area contributed by atoms with Gasteiger partial charge in [-0.3, -0.25) is 9.78 Å². The van der Waals surface area contributed by atoms with Gasteiger partial charge in [-0.15, -0.1) is 0 Å². The molecule has 8 heteroatoms. The van der Waals surface area contributed by atoms with Gasteiger partial charge in [-0.2, -0.15) is 0 Å². The average Bonchev–Trinajstić information content (AvgIpc) is 2.70. The number of fused-ring (bicyclic) bond motifs is 1. The second kappa shape index (κ2) is 7.46. The summed E-state index contributed by atoms with van der Waals surface area (Å²) >= 11 is 0. The van der Waals surface area contributed by atoms with Crippen LogP contribution in [0.5, 0.6) is 5.75 Å². The number of hydrogen-bond acceptors (Lipinski definition) is 6. The summed E-state index contributed by atoms with van der Waals surface area (Å²) in [5.41, 5.74) is 1.28. The zero-order chi connectivity index (χ0) is 20.6. The van der Waals surface area contributed by atoms with Crippen molar-refractivity contribution in [3.63, 3.8) is 0 Å². The number of hydrogen-bond donors (Lipinski definition) is 1. The first kappa shape index (κ1) is 19.4. The molecule has 0 bridgehead atoms. The Kier molecular flexibility index (Phi) is 4.97. The van der Waals surface area contributed by atoms with Crippen LogP contribution in [0.1, 0.15) is 15.9 Å². The molecule has 2 aromatic carbocycles.